The van der Waals surface area contributed by atoms with E-state index < -0.39 is 28.4 Å². The number of hydrogen-bond donors (Lipinski definition) is 0. The largest absolute Gasteiger partial charge is 0.476 e. The smallest absolute Gasteiger partial charge is 0.410 e. The first kappa shape index (κ1) is 22.2. The molecule has 0 bridgehead atoms. The van der Waals surface area contributed by atoms with Crippen LogP contribution in [0.5, 0.6) is 17.5 Å². The van der Waals surface area contributed by atoms with Gasteiger partial charge in [0, 0.05) is 6.54 Å². The summed E-state index contributed by atoms with van der Waals surface area (Å²) in [4.78, 5) is 32.3. The predicted molar refractivity (Wildman–Crippen MR) is 108 cm³/mol. The van der Waals surface area contributed by atoms with E-state index in [2.05, 4.69) is 9.97 Å². The molecule has 31 heavy (non-hydrogen) atoms. The van der Waals surface area contributed by atoms with E-state index in [0.717, 1.165) is 11.9 Å². The molecule has 0 saturated carbocycles. The number of benzene rings is 1. The molecule has 166 valence electrons. The highest BCUT2D eigenvalue weighted by molar-refractivity contribution is 5.68. The third-order valence-corrected chi connectivity index (χ3v) is 4.29. The van der Waals surface area contributed by atoms with E-state index in [4.69, 9.17) is 18.9 Å². The molecule has 2 aromatic rings. The van der Waals surface area contributed by atoms with Crippen molar-refractivity contribution >= 4 is 11.8 Å². The fraction of sp³-hybridized carbons (Fsp3) is 0.450. The highest BCUT2D eigenvalue weighted by Gasteiger charge is 2.30. The van der Waals surface area contributed by atoms with Crippen LogP contribution in [-0.4, -0.2) is 58.3 Å². The summed E-state index contributed by atoms with van der Waals surface area (Å²) in [6.07, 6.45) is 0.310. The Kier molecular flexibility index (Phi) is 6.54. The fourth-order valence-electron chi connectivity index (χ4n) is 2.96. The fourth-order valence-corrected chi connectivity index (χ4v) is 2.96. The van der Waals surface area contributed by atoms with Crippen LogP contribution in [-0.2, 0) is 9.47 Å². The number of aromatic nitrogens is 2. The van der Waals surface area contributed by atoms with Gasteiger partial charge in [0.15, 0.2) is 0 Å². The van der Waals surface area contributed by atoms with Gasteiger partial charge in [0.2, 0.25) is 0 Å². The number of nitro groups is 1. The van der Waals surface area contributed by atoms with Gasteiger partial charge in [0.05, 0.1) is 25.2 Å². The molecular formula is C20H24N4O7. The van der Waals surface area contributed by atoms with E-state index in [1.54, 1.807) is 23.1 Å². The van der Waals surface area contributed by atoms with Crippen molar-refractivity contribution in [3.8, 4) is 17.5 Å². The normalized spacial score (nSPS) is 16.5. The van der Waals surface area contributed by atoms with Crippen LogP contribution in [0.2, 0.25) is 0 Å². The third-order valence-electron chi connectivity index (χ3n) is 4.29. The summed E-state index contributed by atoms with van der Waals surface area (Å²) in [6, 6.07) is 6.87. The molecule has 0 aliphatic carbocycles. The number of hydrogen-bond acceptors (Lipinski definition) is 9. The molecule has 11 nitrogen and oxygen atoms in total. The van der Waals surface area contributed by atoms with E-state index in [-0.39, 0.29) is 11.8 Å². The van der Waals surface area contributed by atoms with Crippen LogP contribution in [0.25, 0.3) is 0 Å². The topological polar surface area (TPSA) is 126 Å². The van der Waals surface area contributed by atoms with Crippen LogP contribution in [0.15, 0.2) is 30.6 Å². The maximum absolute atomic E-state index is 12.4. The van der Waals surface area contributed by atoms with Gasteiger partial charge < -0.3 is 23.8 Å². The van der Waals surface area contributed by atoms with Gasteiger partial charge in [-0.1, -0.05) is 12.1 Å². The van der Waals surface area contributed by atoms with Gasteiger partial charge in [-0.2, -0.15) is 9.97 Å². The first-order valence-corrected chi connectivity index (χ1v) is 9.58. The van der Waals surface area contributed by atoms with Gasteiger partial charge in [0.1, 0.15) is 23.8 Å². The van der Waals surface area contributed by atoms with Crippen LogP contribution in [0.1, 0.15) is 32.4 Å². The summed E-state index contributed by atoms with van der Waals surface area (Å²) in [7, 11) is 1.27. The molecule has 11 heteroatoms. The quantitative estimate of drug-likeness (QED) is 0.515. The Morgan fingerprint density at radius 1 is 1.29 bits per heavy atom. The van der Waals surface area contributed by atoms with Crippen molar-refractivity contribution in [2.75, 3.05) is 26.8 Å². The molecule has 0 spiro atoms. The monoisotopic (exact) mass is 432 g/mol. The summed E-state index contributed by atoms with van der Waals surface area (Å²) in [6.45, 7) is 6.51. The van der Waals surface area contributed by atoms with E-state index in [1.807, 2.05) is 26.8 Å². The van der Waals surface area contributed by atoms with Crippen molar-refractivity contribution in [1.82, 2.24) is 14.9 Å². The molecule has 3 rings (SSSR count). The Bertz CT molecular complexity index is 961. The first-order valence-electron chi connectivity index (χ1n) is 9.58. The zero-order chi connectivity index (χ0) is 22.6. The van der Waals surface area contributed by atoms with Crippen LogP contribution in [0.4, 0.5) is 10.5 Å². The van der Waals surface area contributed by atoms with Gasteiger partial charge >= 0.3 is 23.5 Å². The zero-order valence-electron chi connectivity index (χ0n) is 17.7. The maximum Gasteiger partial charge on any atom is 0.410 e. The molecule has 1 aromatic carbocycles. The highest BCUT2D eigenvalue weighted by atomic mass is 16.6. The van der Waals surface area contributed by atoms with Crippen LogP contribution in [0, 0.1) is 10.1 Å². The van der Waals surface area contributed by atoms with Crippen molar-refractivity contribution in [2.45, 2.75) is 32.5 Å². The average molecular weight is 432 g/mol. The van der Waals surface area contributed by atoms with Gasteiger partial charge in [0.25, 0.3) is 0 Å². The van der Waals surface area contributed by atoms with E-state index >= 15 is 0 Å². The van der Waals surface area contributed by atoms with Gasteiger partial charge in [-0.15, -0.1) is 0 Å². The minimum absolute atomic E-state index is 0.199. The summed E-state index contributed by atoms with van der Waals surface area (Å²) in [5.74, 6) is -0.122. The number of carbonyl (C=O) groups excluding carboxylic acids is 1. The molecule has 1 aliphatic rings. The number of amides is 1. The number of carbonyl (C=O) groups is 1. The molecule has 2 heterocycles. The summed E-state index contributed by atoms with van der Waals surface area (Å²) in [5, 5.41) is 11.4. The van der Waals surface area contributed by atoms with Crippen LogP contribution < -0.4 is 9.47 Å². The molecule has 1 aliphatic heterocycles. The standard InChI is InChI=1S/C20H24N4O7/c1-20(2,3)31-19(25)23-8-9-29-15(11-23)13-6-5-7-14(10-13)30-18-16(24(26)27)17(28-4)21-12-22-18/h5-7,10,12,15H,8-9,11H2,1-4H3. The second kappa shape index (κ2) is 9.13. The van der Waals surface area contributed by atoms with Crippen LogP contribution in [0.3, 0.4) is 0 Å². The number of ether oxygens (including phenoxy) is 4. The van der Waals surface area contributed by atoms with Gasteiger partial charge in [-0.25, -0.2) is 4.79 Å². The minimum atomic E-state index is -0.666. The Balaban J connectivity index is 1.78. The summed E-state index contributed by atoms with van der Waals surface area (Å²) >= 11 is 0. The Labute approximate surface area is 179 Å². The van der Waals surface area contributed by atoms with Gasteiger partial charge in [-0.3, -0.25) is 10.1 Å². The lowest BCUT2D eigenvalue weighted by atomic mass is 10.1. The second-order valence-corrected chi connectivity index (χ2v) is 7.75. The van der Waals surface area contributed by atoms with Crippen LogP contribution >= 0.6 is 0 Å². The van der Waals surface area contributed by atoms with Gasteiger partial charge in [-0.05, 0) is 38.5 Å². The first-order chi connectivity index (χ1) is 14.7. The molecule has 0 radical (unpaired) electrons. The van der Waals surface area contributed by atoms with E-state index in [0.29, 0.717) is 25.4 Å². The molecule has 1 amide bonds. The number of methoxy groups -OCH3 is 1. The molecular weight excluding hydrogens is 408 g/mol. The Hall–Kier alpha value is -3.47. The van der Waals surface area contributed by atoms with Crippen molar-refractivity contribution in [1.29, 1.82) is 0 Å². The Morgan fingerprint density at radius 3 is 2.71 bits per heavy atom. The van der Waals surface area contributed by atoms with Crippen molar-refractivity contribution in [2.24, 2.45) is 0 Å². The van der Waals surface area contributed by atoms with Crippen molar-refractivity contribution in [3.63, 3.8) is 0 Å². The lowest BCUT2D eigenvalue weighted by Crippen LogP contribution is -2.44. The predicted octanol–water partition coefficient (Wildman–Crippen LogP) is 3.49. The zero-order valence-corrected chi connectivity index (χ0v) is 17.7. The van der Waals surface area contributed by atoms with Crippen molar-refractivity contribution < 1.29 is 28.7 Å². The summed E-state index contributed by atoms with van der Waals surface area (Å²) in [5.41, 5.74) is -0.318. The maximum atomic E-state index is 12.4. The molecule has 1 saturated heterocycles. The van der Waals surface area contributed by atoms with E-state index in [9.17, 15) is 14.9 Å². The Morgan fingerprint density at radius 2 is 2.03 bits per heavy atom. The lowest BCUT2D eigenvalue weighted by molar-refractivity contribution is -0.387. The summed E-state index contributed by atoms with van der Waals surface area (Å²) < 4.78 is 21.8. The highest BCUT2D eigenvalue weighted by Crippen LogP contribution is 2.36. The SMILES string of the molecule is COc1ncnc(Oc2cccc(C3CN(C(=O)OC(C)(C)C)CCO3)c2)c1[N+](=O)[O-]. The number of morpholine rings is 1. The lowest BCUT2D eigenvalue weighted by Gasteiger charge is -2.34. The third kappa shape index (κ3) is 5.57. The molecule has 0 N–H and O–H groups in total. The number of rotatable bonds is 5. The average Bonchev–Trinajstić information content (AvgIpc) is 2.72. The molecule has 1 atom stereocenters. The van der Waals surface area contributed by atoms with E-state index in [1.165, 1.54) is 7.11 Å². The molecule has 1 fully saturated rings. The second-order valence-electron chi connectivity index (χ2n) is 7.75. The molecule has 1 aromatic heterocycles. The van der Waals surface area contributed by atoms with Crippen molar-refractivity contribution in [3.05, 3.63) is 46.3 Å². The number of nitrogens with zero attached hydrogens (tertiary/aromatic N) is 4. The molecule has 1 unspecified atom stereocenters. The minimum Gasteiger partial charge on any atom is -0.476 e.